The first kappa shape index (κ1) is 16.3. The van der Waals surface area contributed by atoms with Crippen molar-refractivity contribution in [2.24, 2.45) is 5.92 Å². The lowest BCUT2D eigenvalue weighted by atomic mass is 10.1. The molecule has 2 atom stereocenters. The van der Waals surface area contributed by atoms with Gasteiger partial charge in [0.2, 0.25) is 0 Å². The predicted octanol–water partition coefficient (Wildman–Crippen LogP) is 2.29. The zero-order chi connectivity index (χ0) is 15.3. The van der Waals surface area contributed by atoms with Crippen LogP contribution in [0.25, 0.3) is 0 Å². The molecule has 0 fully saturated rings. The molecule has 6 heteroatoms. The number of rotatable bonds is 6. The monoisotopic (exact) mass is 299 g/mol. The molecule has 1 aromatic carbocycles. The molecule has 0 bridgehead atoms. The van der Waals surface area contributed by atoms with Gasteiger partial charge >= 0.3 is 5.97 Å². The van der Waals surface area contributed by atoms with E-state index in [2.05, 4.69) is 0 Å². The maximum absolute atomic E-state index is 12.1. The van der Waals surface area contributed by atoms with Crippen LogP contribution in [0, 0.1) is 5.92 Å². The number of carboxylic acid groups (broad SMARTS) is 1. The Kier molecular flexibility index (Phi) is 5.82. The number of benzene rings is 1. The molecule has 2 unspecified atom stereocenters. The zero-order valence-electron chi connectivity index (χ0n) is 11.7. The van der Waals surface area contributed by atoms with Crippen LogP contribution in [0.1, 0.15) is 13.8 Å². The Morgan fingerprint density at radius 2 is 1.85 bits per heavy atom. The Morgan fingerprint density at radius 1 is 1.30 bits per heavy atom. The molecule has 1 aromatic rings. The van der Waals surface area contributed by atoms with Crippen molar-refractivity contribution in [2.75, 3.05) is 13.6 Å². The molecule has 5 nitrogen and oxygen atoms in total. The largest absolute Gasteiger partial charge is 0.481 e. The van der Waals surface area contributed by atoms with Crippen molar-refractivity contribution < 1.29 is 19.4 Å². The molecule has 0 saturated carbocycles. The van der Waals surface area contributed by atoms with E-state index in [-0.39, 0.29) is 12.5 Å². The Morgan fingerprint density at radius 3 is 2.35 bits per heavy atom. The smallest absolute Gasteiger partial charge is 0.308 e. The topological polar surface area (TPSA) is 66.8 Å². The van der Waals surface area contributed by atoms with Crippen LogP contribution in [-0.2, 0) is 9.59 Å². The summed E-state index contributed by atoms with van der Waals surface area (Å²) in [4.78, 5) is 24.2. The number of amides is 1. The molecule has 110 valence electrons. The molecule has 0 aliphatic heterocycles. The highest BCUT2D eigenvalue weighted by Gasteiger charge is 2.22. The molecule has 0 spiro atoms. The second-order valence-electron chi connectivity index (χ2n) is 4.67. The number of carboxylic acids is 1. The second kappa shape index (κ2) is 7.14. The van der Waals surface area contributed by atoms with Crippen LogP contribution in [0.4, 0.5) is 0 Å². The summed E-state index contributed by atoms with van der Waals surface area (Å²) in [6.45, 7) is 3.32. The van der Waals surface area contributed by atoms with Crippen LogP contribution in [0.3, 0.4) is 0 Å². The molecule has 0 aromatic heterocycles. The minimum Gasteiger partial charge on any atom is -0.481 e. The van der Waals surface area contributed by atoms with Gasteiger partial charge in [0.1, 0.15) is 5.75 Å². The van der Waals surface area contributed by atoms with Gasteiger partial charge in [-0.3, -0.25) is 9.59 Å². The van der Waals surface area contributed by atoms with Crippen LogP contribution in [0.5, 0.6) is 5.75 Å². The summed E-state index contributed by atoms with van der Waals surface area (Å²) in [6, 6.07) is 6.69. The fourth-order valence-electron chi connectivity index (χ4n) is 1.66. The Bertz CT molecular complexity index is 475. The van der Waals surface area contributed by atoms with Crippen molar-refractivity contribution in [3.63, 3.8) is 0 Å². The minimum absolute atomic E-state index is 0.141. The molecule has 1 amide bonds. The summed E-state index contributed by atoms with van der Waals surface area (Å²) < 4.78 is 5.50. The summed E-state index contributed by atoms with van der Waals surface area (Å²) in [5, 5.41) is 9.42. The van der Waals surface area contributed by atoms with E-state index in [1.807, 2.05) is 0 Å². The molecule has 0 aliphatic rings. The summed E-state index contributed by atoms with van der Waals surface area (Å²) in [5.41, 5.74) is 0. The minimum atomic E-state index is -0.934. The van der Waals surface area contributed by atoms with Crippen molar-refractivity contribution in [1.29, 1.82) is 0 Å². The lowest BCUT2D eigenvalue weighted by molar-refractivity contribution is -0.144. The fourth-order valence-corrected chi connectivity index (χ4v) is 1.78. The number of carbonyl (C=O) groups is 2. The van der Waals surface area contributed by atoms with E-state index in [1.165, 1.54) is 4.90 Å². The van der Waals surface area contributed by atoms with E-state index in [0.29, 0.717) is 10.8 Å². The molecule has 0 aliphatic carbocycles. The van der Waals surface area contributed by atoms with Gasteiger partial charge in [-0.05, 0) is 31.2 Å². The number of halogens is 1. The number of carbonyl (C=O) groups excluding carboxylic acids is 1. The first-order chi connectivity index (χ1) is 9.31. The SMILES string of the molecule is CC(CN(C)C(=O)C(C)Oc1ccc(Cl)cc1)C(=O)O. The van der Waals surface area contributed by atoms with E-state index in [1.54, 1.807) is 45.2 Å². The number of ether oxygens (including phenoxy) is 1. The Balaban J connectivity index is 2.57. The van der Waals surface area contributed by atoms with Gasteiger partial charge in [-0.1, -0.05) is 18.5 Å². The molecular formula is C14H18ClNO4. The third-order valence-corrected chi connectivity index (χ3v) is 3.07. The van der Waals surface area contributed by atoms with Gasteiger partial charge in [0.25, 0.3) is 5.91 Å². The van der Waals surface area contributed by atoms with Crippen LogP contribution in [0.2, 0.25) is 5.02 Å². The highest BCUT2D eigenvalue weighted by atomic mass is 35.5. The summed E-state index contributed by atoms with van der Waals surface area (Å²) in [7, 11) is 1.56. The van der Waals surface area contributed by atoms with E-state index in [0.717, 1.165) is 0 Å². The third-order valence-electron chi connectivity index (χ3n) is 2.82. The average molecular weight is 300 g/mol. The molecule has 1 N–H and O–H groups in total. The normalized spacial score (nSPS) is 13.4. The number of aliphatic carboxylic acids is 1. The highest BCUT2D eigenvalue weighted by molar-refractivity contribution is 6.30. The van der Waals surface area contributed by atoms with Gasteiger partial charge in [-0.25, -0.2) is 0 Å². The number of nitrogens with zero attached hydrogens (tertiary/aromatic N) is 1. The summed E-state index contributed by atoms with van der Waals surface area (Å²) in [5.74, 6) is -1.29. The Hall–Kier alpha value is -1.75. The molecular weight excluding hydrogens is 282 g/mol. The average Bonchev–Trinajstić information content (AvgIpc) is 2.40. The Labute approximate surface area is 123 Å². The number of hydrogen-bond donors (Lipinski definition) is 1. The highest BCUT2D eigenvalue weighted by Crippen LogP contribution is 2.17. The summed E-state index contributed by atoms with van der Waals surface area (Å²) >= 11 is 5.76. The van der Waals surface area contributed by atoms with E-state index in [9.17, 15) is 9.59 Å². The lowest BCUT2D eigenvalue weighted by Gasteiger charge is -2.23. The van der Waals surface area contributed by atoms with E-state index in [4.69, 9.17) is 21.4 Å². The van der Waals surface area contributed by atoms with Crippen molar-refractivity contribution in [3.8, 4) is 5.75 Å². The standard InChI is InChI=1S/C14H18ClNO4/c1-9(14(18)19)8-16(3)13(17)10(2)20-12-6-4-11(15)5-7-12/h4-7,9-10H,8H2,1-3H3,(H,18,19). The van der Waals surface area contributed by atoms with Crippen molar-refractivity contribution in [3.05, 3.63) is 29.3 Å². The molecule has 0 radical (unpaired) electrons. The predicted molar refractivity (Wildman–Crippen MR) is 76.0 cm³/mol. The van der Waals surface area contributed by atoms with E-state index < -0.39 is 18.0 Å². The van der Waals surface area contributed by atoms with Gasteiger partial charge in [0.15, 0.2) is 6.10 Å². The lowest BCUT2D eigenvalue weighted by Crippen LogP contribution is -2.41. The van der Waals surface area contributed by atoms with Crippen LogP contribution < -0.4 is 4.74 Å². The summed E-state index contributed by atoms with van der Waals surface area (Å²) in [6.07, 6.45) is -0.692. The van der Waals surface area contributed by atoms with E-state index >= 15 is 0 Å². The zero-order valence-corrected chi connectivity index (χ0v) is 12.4. The van der Waals surface area contributed by atoms with Crippen LogP contribution in [-0.4, -0.2) is 41.6 Å². The molecule has 0 saturated heterocycles. The maximum atomic E-state index is 12.1. The maximum Gasteiger partial charge on any atom is 0.308 e. The van der Waals surface area contributed by atoms with Gasteiger partial charge in [-0.15, -0.1) is 0 Å². The van der Waals surface area contributed by atoms with Crippen molar-refractivity contribution in [2.45, 2.75) is 20.0 Å². The van der Waals surface area contributed by atoms with Crippen LogP contribution >= 0.6 is 11.6 Å². The van der Waals surface area contributed by atoms with Crippen LogP contribution in [0.15, 0.2) is 24.3 Å². The molecule has 20 heavy (non-hydrogen) atoms. The van der Waals surface area contributed by atoms with Gasteiger partial charge in [0.05, 0.1) is 5.92 Å². The van der Waals surface area contributed by atoms with Gasteiger partial charge in [-0.2, -0.15) is 0 Å². The second-order valence-corrected chi connectivity index (χ2v) is 5.11. The third kappa shape index (κ3) is 4.74. The molecule has 1 rings (SSSR count). The number of likely N-dealkylation sites (N-methyl/N-ethyl adjacent to an activating group) is 1. The van der Waals surface area contributed by atoms with Gasteiger partial charge < -0.3 is 14.7 Å². The van der Waals surface area contributed by atoms with Crippen molar-refractivity contribution >= 4 is 23.5 Å². The fraction of sp³-hybridized carbons (Fsp3) is 0.429. The van der Waals surface area contributed by atoms with Gasteiger partial charge in [0, 0.05) is 18.6 Å². The molecule has 0 heterocycles. The number of hydrogen-bond acceptors (Lipinski definition) is 3. The first-order valence-electron chi connectivity index (χ1n) is 6.21. The first-order valence-corrected chi connectivity index (χ1v) is 6.59. The van der Waals surface area contributed by atoms with Crippen molar-refractivity contribution in [1.82, 2.24) is 4.90 Å². The quantitative estimate of drug-likeness (QED) is 0.875.